The summed E-state index contributed by atoms with van der Waals surface area (Å²) in [5.41, 5.74) is 0.922. The molecule has 1 aromatic rings. The lowest BCUT2D eigenvalue weighted by Gasteiger charge is -2.18. The zero-order chi connectivity index (χ0) is 19.6. The van der Waals surface area contributed by atoms with Gasteiger partial charge in [-0.3, -0.25) is 14.4 Å². The van der Waals surface area contributed by atoms with Crippen molar-refractivity contribution in [3.63, 3.8) is 0 Å². The molecule has 1 amide bonds. The van der Waals surface area contributed by atoms with E-state index in [1.54, 1.807) is 24.0 Å². The fourth-order valence-corrected chi connectivity index (χ4v) is 3.35. The molecule has 0 saturated carbocycles. The van der Waals surface area contributed by atoms with Gasteiger partial charge in [-0.1, -0.05) is 18.9 Å². The van der Waals surface area contributed by atoms with Crippen molar-refractivity contribution in [1.29, 1.82) is 0 Å². The number of carbonyl (C=O) groups is 3. The first-order chi connectivity index (χ1) is 13.0. The summed E-state index contributed by atoms with van der Waals surface area (Å²) in [4.78, 5) is 37.3. The molecule has 1 saturated heterocycles. The minimum Gasteiger partial charge on any atom is -0.466 e. The highest BCUT2D eigenvalue weighted by molar-refractivity contribution is 9.10. The third kappa shape index (κ3) is 6.97. The molecule has 27 heavy (non-hydrogen) atoms. The number of carbonyl (C=O) groups excluding carboxylic acids is 3. The van der Waals surface area contributed by atoms with Crippen LogP contribution in [0.25, 0.3) is 0 Å². The van der Waals surface area contributed by atoms with Crippen LogP contribution >= 0.6 is 15.9 Å². The number of unbranched alkanes of at least 4 members (excludes halogenated alkanes) is 3. The predicted molar refractivity (Wildman–Crippen MR) is 104 cm³/mol. The van der Waals surface area contributed by atoms with Gasteiger partial charge in [-0.15, -0.1) is 0 Å². The number of ketones is 1. The second-order valence-corrected chi connectivity index (χ2v) is 7.22. The largest absolute Gasteiger partial charge is 0.466 e. The first-order valence-corrected chi connectivity index (χ1v) is 10.2. The number of likely N-dealkylation sites (tertiary alicyclic amines) is 1. The minimum atomic E-state index is -0.148. The van der Waals surface area contributed by atoms with Crippen LogP contribution in [0.4, 0.5) is 0 Å². The summed E-state index contributed by atoms with van der Waals surface area (Å²) in [7, 11) is 0. The summed E-state index contributed by atoms with van der Waals surface area (Å²) >= 11 is 3.18. The number of halogens is 1. The molecule has 148 valence electrons. The Morgan fingerprint density at radius 2 is 2.00 bits per heavy atom. The van der Waals surface area contributed by atoms with Gasteiger partial charge in [0.2, 0.25) is 11.7 Å². The number of furan rings is 1. The van der Waals surface area contributed by atoms with E-state index in [0.717, 1.165) is 31.4 Å². The molecule has 1 aromatic heterocycles. The average Bonchev–Trinajstić information content (AvgIpc) is 3.22. The lowest BCUT2D eigenvalue weighted by molar-refractivity contribution is -0.143. The Morgan fingerprint density at radius 3 is 2.70 bits per heavy atom. The van der Waals surface area contributed by atoms with Crippen molar-refractivity contribution in [3.05, 3.63) is 34.3 Å². The Morgan fingerprint density at radius 1 is 1.22 bits per heavy atom. The number of hydrogen-bond acceptors (Lipinski definition) is 5. The monoisotopic (exact) mass is 439 g/mol. The maximum Gasteiger partial charge on any atom is 0.305 e. The molecular formula is C20H26BrNO5. The Hall–Kier alpha value is -1.89. The molecule has 0 N–H and O–H groups in total. The van der Waals surface area contributed by atoms with E-state index in [1.807, 2.05) is 6.08 Å². The van der Waals surface area contributed by atoms with Crippen LogP contribution in [0.5, 0.6) is 0 Å². The lowest BCUT2D eigenvalue weighted by Crippen LogP contribution is -2.24. The summed E-state index contributed by atoms with van der Waals surface area (Å²) < 4.78 is 10.7. The molecule has 2 heterocycles. The van der Waals surface area contributed by atoms with Crippen molar-refractivity contribution in [1.82, 2.24) is 4.90 Å². The van der Waals surface area contributed by atoms with Crippen LogP contribution in [0.3, 0.4) is 0 Å². The summed E-state index contributed by atoms with van der Waals surface area (Å²) in [6, 6.07) is 3.33. The van der Waals surface area contributed by atoms with Gasteiger partial charge in [-0.25, -0.2) is 0 Å². The SMILES string of the molecule is CCOC(=O)CCCCCCN1C(=O)CCC1=CCC(=O)c1ccc(Br)o1. The third-order valence-electron chi connectivity index (χ3n) is 4.43. The molecular weight excluding hydrogens is 414 g/mol. The molecule has 7 heteroatoms. The quantitative estimate of drug-likeness (QED) is 0.285. The fraction of sp³-hybridized carbons (Fsp3) is 0.550. The van der Waals surface area contributed by atoms with Crippen LogP contribution in [-0.2, 0) is 14.3 Å². The number of amides is 1. The molecule has 2 rings (SSSR count). The Labute approximate surface area is 168 Å². The van der Waals surface area contributed by atoms with Crippen LogP contribution < -0.4 is 0 Å². The molecule has 0 aliphatic carbocycles. The summed E-state index contributed by atoms with van der Waals surface area (Å²) in [6.45, 7) is 2.88. The van der Waals surface area contributed by atoms with Crippen molar-refractivity contribution in [3.8, 4) is 0 Å². The van der Waals surface area contributed by atoms with Crippen molar-refractivity contribution in [2.24, 2.45) is 0 Å². The highest BCUT2D eigenvalue weighted by Crippen LogP contribution is 2.24. The summed E-state index contributed by atoms with van der Waals surface area (Å²) in [5.74, 6) is 0.175. The lowest BCUT2D eigenvalue weighted by atomic mass is 10.1. The van der Waals surface area contributed by atoms with E-state index in [1.165, 1.54) is 0 Å². The van der Waals surface area contributed by atoms with Crippen molar-refractivity contribution in [2.75, 3.05) is 13.2 Å². The van der Waals surface area contributed by atoms with Gasteiger partial charge in [0.05, 0.1) is 6.61 Å². The Balaban J connectivity index is 1.73. The van der Waals surface area contributed by atoms with Crippen LogP contribution in [0.1, 0.15) is 68.8 Å². The van der Waals surface area contributed by atoms with E-state index >= 15 is 0 Å². The van der Waals surface area contributed by atoms with E-state index < -0.39 is 0 Å². The predicted octanol–water partition coefficient (Wildman–Crippen LogP) is 4.63. The van der Waals surface area contributed by atoms with E-state index in [4.69, 9.17) is 9.15 Å². The van der Waals surface area contributed by atoms with E-state index in [0.29, 0.717) is 42.8 Å². The van der Waals surface area contributed by atoms with Gasteiger partial charge in [0, 0.05) is 31.5 Å². The normalized spacial score (nSPS) is 15.6. The van der Waals surface area contributed by atoms with Crippen molar-refractivity contribution < 1.29 is 23.5 Å². The van der Waals surface area contributed by atoms with Gasteiger partial charge in [0.25, 0.3) is 0 Å². The van der Waals surface area contributed by atoms with Crippen molar-refractivity contribution >= 4 is 33.6 Å². The molecule has 0 aromatic carbocycles. The number of esters is 1. The summed E-state index contributed by atoms with van der Waals surface area (Å²) in [6.07, 6.45) is 7.26. The number of hydrogen-bond donors (Lipinski definition) is 0. The van der Waals surface area contributed by atoms with E-state index in [2.05, 4.69) is 15.9 Å². The molecule has 0 radical (unpaired) electrons. The maximum absolute atomic E-state index is 12.1. The number of Topliss-reactive ketones (excluding diaryl/α,β-unsaturated/α-hetero) is 1. The van der Waals surface area contributed by atoms with Gasteiger partial charge in [-0.2, -0.15) is 0 Å². The molecule has 0 bridgehead atoms. The Kier molecular flexibility index (Phi) is 8.78. The van der Waals surface area contributed by atoms with Crippen LogP contribution in [0.2, 0.25) is 0 Å². The first kappa shape index (κ1) is 21.4. The molecule has 0 spiro atoms. The number of rotatable bonds is 11. The maximum atomic E-state index is 12.1. The fourth-order valence-electron chi connectivity index (χ4n) is 3.05. The zero-order valence-corrected chi connectivity index (χ0v) is 17.3. The second-order valence-electron chi connectivity index (χ2n) is 6.44. The molecule has 0 unspecified atom stereocenters. The Bertz CT molecular complexity index is 694. The van der Waals surface area contributed by atoms with Crippen LogP contribution in [-0.4, -0.2) is 35.7 Å². The highest BCUT2D eigenvalue weighted by Gasteiger charge is 2.25. The standard InChI is InChI=1S/C20H26BrNO5/c1-2-26-20(25)7-5-3-4-6-14-22-15(9-13-19(22)24)8-10-16(23)17-11-12-18(21)27-17/h8,11-12H,2-7,9-10,13-14H2,1H3. The smallest absolute Gasteiger partial charge is 0.305 e. The van der Waals surface area contributed by atoms with Crippen LogP contribution in [0, 0.1) is 0 Å². The third-order valence-corrected chi connectivity index (χ3v) is 4.86. The summed E-state index contributed by atoms with van der Waals surface area (Å²) in [5, 5.41) is 0. The average molecular weight is 440 g/mol. The molecule has 0 atom stereocenters. The number of ether oxygens (including phenoxy) is 1. The van der Waals surface area contributed by atoms with E-state index in [-0.39, 0.29) is 24.1 Å². The van der Waals surface area contributed by atoms with Gasteiger partial charge in [-0.05, 0) is 54.2 Å². The number of allylic oxidation sites excluding steroid dienone is 2. The minimum absolute atomic E-state index is 0.105. The number of nitrogens with zero attached hydrogens (tertiary/aromatic N) is 1. The molecule has 1 aliphatic rings. The second kappa shape index (κ2) is 11.1. The zero-order valence-electron chi connectivity index (χ0n) is 15.7. The van der Waals surface area contributed by atoms with E-state index in [9.17, 15) is 14.4 Å². The highest BCUT2D eigenvalue weighted by atomic mass is 79.9. The molecule has 6 nitrogen and oxygen atoms in total. The van der Waals surface area contributed by atoms with Gasteiger partial charge < -0.3 is 14.1 Å². The molecule has 1 aliphatic heterocycles. The molecule has 1 fully saturated rings. The topological polar surface area (TPSA) is 76.8 Å². The van der Waals surface area contributed by atoms with Gasteiger partial charge in [0.1, 0.15) is 0 Å². The van der Waals surface area contributed by atoms with Crippen LogP contribution in [0.15, 0.2) is 33.0 Å². The van der Waals surface area contributed by atoms with Gasteiger partial charge in [0.15, 0.2) is 10.4 Å². The first-order valence-electron chi connectivity index (χ1n) is 9.44. The van der Waals surface area contributed by atoms with Gasteiger partial charge >= 0.3 is 5.97 Å². The van der Waals surface area contributed by atoms with Crippen molar-refractivity contribution in [2.45, 2.75) is 58.3 Å².